The fourth-order valence-electron chi connectivity index (χ4n) is 2.58. The second-order valence-electron chi connectivity index (χ2n) is 5.79. The van der Waals surface area contributed by atoms with Crippen LogP contribution in [-0.4, -0.2) is 13.1 Å². The number of hydrogen-bond donors (Lipinski definition) is 1. The molecule has 0 bridgehead atoms. The molecule has 1 nitrogen and oxygen atoms in total. The van der Waals surface area contributed by atoms with E-state index >= 15 is 0 Å². The Morgan fingerprint density at radius 2 is 1.62 bits per heavy atom. The lowest BCUT2D eigenvalue weighted by Crippen LogP contribution is -2.21. The molecule has 1 heteroatoms. The molecule has 0 aromatic heterocycles. The zero-order valence-corrected chi connectivity index (χ0v) is 13.3. The summed E-state index contributed by atoms with van der Waals surface area (Å²) >= 11 is 0. The van der Waals surface area contributed by atoms with Crippen molar-refractivity contribution in [2.24, 2.45) is 0 Å². The van der Waals surface area contributed by atoms with Crippen LogP contribution in [0.15, 0.2) is 54.6 Å². The highest BCUT2D eigenvalue weighted by Gasteiger charge is 2.04. The van der Waals surface area contributed by atoms with Crippen molar-refractivity contribution in [3.8, 4) is 0 Å². The molecule has 0 amide bonds. The second-order valence-corrected chi connectivity index (χ2v) is 5.79. The maximum Gasteiger partial charge on any atom is 0.00174 e. The van der Waals surface area contributed by atoms with E-state index < -0.39 is 0 Å². The Bertz CT molecular complexity index is 501. The van der Waals surface area contributed by atoms with Gasteiger partial charge in [0, 0.05) is 6.54 Å². The predicted molar refractivity (Wildman–Crippen MR) is 91.9 cm³/mol. The first-order valence-corrected chi connectivity index (χ1v) is 8.13. The summed E-state index contributed by atoms with van der Waals surface area (Å²) in [6.07, 6.45) is 3.48. The van der Waals surface area contributed by atoms with E-state index in [9.17, 15) is 0 Å². The summed E-state index contributed by atoms with van der Waals surface area (Å²) < 4.78 is 0. The molecule has 0 heterocycles. The summed E-state index contributed by atoms with van der Waals surface area (Å²) in [7, 11) is 0. The van der Waals surface area contributed by atoms with E-state index in [4.69, 9.17) is 0 Å². The smallest absolute Gasteiger partial charge is 0.00174 e. The molecule has 0 aliphatic heterocycles. The number of rotatable bonds is 8. The van der Waals surface area contributed by atoms with Gasteiger partial charge in [-0.2, -0.15) is 0 Å². The third-order valence-corrected chi connectivity index (χ3v) is 4.07. The summed E-state index contributed by atoms with van der Waals surface area (Å²) in [5.74, 6) is 0.577. The maximum absolute atomic E-state index is 3.58. The first-order chi connectivity index (χ1) is 10.3. The minimum absolute atomic E-state index is 0.577. The van der Waals surface area contributed by atoms with Crippen LogP contribution in [0.2, 0.25) is 0 Å². The van der Waals surface area contributed by atoms with Crippen LogP contribution in [0.4, 0.5) is 0 Å². The fourth-order valence-corrected chi connectivity index (χ4v) is 2.58. The van der Waals surface area contributed by atoms with Crippen LogP contribution in [-0.2, 0) is 12.8 Å². The highest BCUT2D eigenvalue weighted by atomic mass is 14.8. The van der Waals surface area contributed by atoms with Crippen molar-refractivity contribution in [1.29, 1.82) is 0 Å². The molecule has 1 N–H and O–H groups in total. The maximum atomic E-state index is 3.58. The molecule has 0 radical (unpaired) electrons. The van der Waals surface area contributed by atoms with Crippen molar-refractivity contribution in [3.63, 3.8) is 0 Å². The molecular weight excluding hydrogens is 254 g/mol. The van der Waals surface area contributed by atoms with Gasteiger partial charge in [-0.25, -0.2) is 0 Å². The molecule has 0 aliphatic carbocycles. The summed E-state index contributed by atoms with van der Waals surface area (Å²) in [5.41, 5.74) is 4.28. The van der Waals surface area contributed by atoms with Crippen molar-refractivity contribution in [3.05, 3.63) is 71.3 Å². The van der Waals surface area contributed by atoms with Crippen LogP contribution in [0.1, 0.15) is 42.9 Å². The van der Waals surface area contributed by atoms with Gasteiger partial charge in [0.15, 0.2) is 0 Å². The van der Waals surface area contributed by atoms with E-state index in [1.807, 2.05) is 0 Å². The Balaban J connectivity index is 1.65. The van der Waals surface area contributed by atoms with Gasteiger partial charge in [-0.1, -0.05) is 68.4 Å². The topological polar surface area (TPSA) is 12.0 Å². The van der Waals surface area contributed by atoms with Crippen LogP contribution in [0.3, 0.4) is 0 Å². The van der Waals surface area contributed by atoms with Crippen LogP contribution in [0, 0.1) is 0 Å². The van der Waals surface area contributed by atoms with Crippen LogP contribution in [0.5, 0.6) is 0 Å². The lowest BCUT2D eigenvalue weighted by molar-refractivity contribution is 0.596. The third kappa shape index (κ3) is 5.35. The van der Waals surface area contributed by atoms with E-state index in [-0.39, 0.29) is 0 Å². The SMILES string of the molecule is CCc1ccc(C(C)CNCCCc2ccccc2)cc1. The molecular formula is C20H27N. The first kappa shape index (κ1) is 15.8. The van der Waals surface area contributed by atoms with Crippen molar-refractivity contribution in [2.75, 3.05) is 13.1 Å². The number of nitrogens with one attached hydrogen (secondary N) is 1. The summed E-state index contributed by atoms with van der Waals surface area (Å²) in [5, 5.41) is 3.58. The molecule has 2 aromatic carbocycles. The largest absolute Gasteiger partial charge is 0.316 e. The van der Waals surface area contributed by atoms with E-state index in [1.165, 1.54) is 23.1 Å². The molecule has 2 aromatic rings. The van der Waals surface area contributed by atoms with Crippen LogP contribution < -0.4 is 5.32 Å². The van der Waals surface area contributed by atoms with Gasteiger partial charge in [0.05, 0.1) is 0 Å². The van der Waals surface area contributed by atoms with E-state index in [0.29, 0.717) is 5.92 Å². The molecule has 112 valence electrons. The highest BCUT2D eigenvalue weighted by Crippen LogP contribution is 2.15. The minimum atomic E-state index is 0.577. The van der Waals surface area contributed by atoms with Gasteiger partial charge in [0.25, 0.3) is 0 Å². The zero-order chi connectivity index (χ0) is 14.9. The van der Waals surface area contributed by atoms with Crippen LogP contribution >= 0.6 is 0 Å². The Kier molecular flexibility index (Phi) is 6.49. The van der Waals surface area contributed by atoms with Gasteiger partial charge >= 0.3 is 0 Å². The summed E-state index contributed by atoms with van der Waals surface area (Å²) in [6, 6.07) is 19.8. The highest BCUT2D eigenvalue weighted by molar-refractivity contribution is 5.25. The fraction of sp³-hybridized carbons (Fsp3) is 0.400. The van der Waals surface area contributed by atoms with Crippen molar-refractivity contribution >= 4 is 0 Å². The standard InChI is InChI=1S/C20H27N/c1-3-18-11-13-20(14-12-18)17(2)16-21-15-7-10-19-8-5-4-6-9-19/h4-6,8-9,11-14,17,21H,3,7,10,15-16H2,1-2H3. The predicted octanol–water partition coefficient (Wildman–Crippen LogP) is 4.57. The monoisotopic (exact) mass is 281 g/mol. The van der Waals surface area contributed by atoms with Gasteiger partial charge in [0.2, 0.25) is 0 Å². The number of benzene rings is 2. The Morgan fingerprint density at radius 3 is 2.29 bits per heavy atom. The van der Waals surface area contributed by atoms with Gasteiger partial charge in [-0.05, 0) is 48.4 Å². The first-order valence-electron chi connectivity index (χ1n) is 8.13. The Labute approximate surface area is 129 Å². The lowest BCUT2D eigenvalue weighted by atomic mass is 9.99. The quantitative estimate of drug-likeness (QED) is 0.699. The summed E-state index contributed by atoms with van der Waals surface area (Å²) in [6.45, 7) is 6.64. The molecule has 0 saturated heterocycles. The minimum Gasteiger partial charge on any atom is -0.316 e. The van der Waals surface area contributed by atoms with E-state index in [2.05, 4.69) is 73.8 Å². The molecule has 0 spiro atoms. The molecule has 2 rings (SSSR count). The van der Waals surface area contributed by atoms with Crippen molar-refractivity contribution in [1.82, 2.24) is 5.32 Å². The lowest BCUT2D eigenvalue weighted by Gasteiger charge is -2.13. The average Bonchev–Trinajstić information content (AvgIpc) is 2.55. The Hall–Kier alpha value is -1.60. The van der Waals surface area contributed by atoms with E-state index in [1.54, 1.807) is 0 Å². The molecule has 1 atom stereocenters. The summed E-state index contributed by atoms with van der Waals surface area (Å²) in [4.78, 5) is 0. The van der Waals surface area contributed by atoms with Crippen molar-refractivity contribution < 1.29 is 0 Å². The molecule has 0 aliphatic rings. The Morgan fingerprint density at radius 1 is 0.905 bits per heavy atom. The molecule has 0 fully saturated rings. The third-order valence-electron chi connectivity index (χ3n) is 4.07. The van der Waals surface area contributed by atoms with Gasteiger partial charge in [0.1, 0.15) is 0 Å². The van der Waals surface area contributed by atoms with Gasteiger partial charge in [-0.15, -0.1) is 0 Å². The van der Waals surface area contributed by atoms with E-state index in [0.717, 1.165) is 25.9 Å². The normalized spacial score (nSPS) is 12.3. The van der Waals surface area contributed by atoms with Gasteiger partial charge < -0.3 is 5.32 Å². The van der Waals surface area contributed by atoms with Crippen molar-refractivity contribution in [2.45, 2.75) is 39.0 Å². The zero-order valence-electron chi connectivity index (χ0n) is 13.3. The van der Waals surface area contributed by atoms with Crippen LogP contribution in [0.25, 0.3) is 0 Å². The molecule has 0 saturated carbocycles. The van der Waals surface area contributed by atoms with Gasteiger partial charge in [-0.3, -0.25) is 0 Å². The number of aryl methyl sites for hydroxylation is 2. The second kappa shape index (κ2) is 8.63. The molecule has 1 unspecified atom stereocenters. The average molecular weight is 281 g/mol. The number of hydrogen-bond acceptors (Lipinski definition) is 1. The molecule has 21 heavy (non-hydrogen) atoms.